The maximum atomic E-state index is 6.09. The standard InChI is InChI=1S/C17H28N3O.3ClH.Ti/c1-19-13-6-11-18-12-10-17(20(2)15-7-14-19)21-16-8-4-3-5-9-16;;;;/h3-5,8-9,18H,6-7,10-15H2,1-2H3;3*1H;/q-1;;;;+4/p-3. The summed E-state index contributed by atoms with van der Waals surface area (Å²) in [6.07, 6.45) is 4.36. The molecule has 0 aromatic heterocycles. The van der Waals surface area contributed by atoms with Crippen LogP contribution in [0.3, 0.4) is 0 Å². The van der Waals surface area contributed by atoms with Gasteiger partial charge in [-0.25, -0.2) is 0 Å². The molecular weight excluding hydrogens is 416 g/mol. The van der Waals surface area contributed by atoms with E-state index in [4.69, 9.17) is 4.74 Å². The summed E-state index contributed by atoms with van der Waals surface area (Å²) in [5.74, 6) is 0.920. The van der Waals surface area contributed by atoms with Crippen LogP contribution in [0.15, 0.2) is 30.3 Å². The van der Waals surface area contributed by atoms with E-state index in [0.29, 0.717) is 0 Å². The molecule has 1 aromatic carbocycles. The largest absolute Gasteiger partial charge is 4.00 e. The topological polar surface area (TPSA) is 27.7 Å². The molecule has 4 nitrogen and oxygen atoms in total. The van der Waals surface area contributed by atoms with E-state index in [-0.39, 0.29) is 58.9 Å². The van der Waals surface area contributed by atoms with Crippen molar-refractivity contribution in [2.45, 2.75) is 19.3 Å². The van der Waals surface area contributed by atoms with E-state index in [2.05, 4.69) is 29.2 Å². The summed E-state index contributed by atoms with van der Waals surface area (Å²) in [6, 6.07) is 10.1. The molecule has 1 saturated heterocycles. The Hall–Kier alpha value is 0.484. The maximum Gasteiger partial charge on any atom is 4.00 e. The van der Waals surface area contributed by atoms with Gasteiger partial charge in [-0.15, -0.1) is 6.42 Å². The molecule has 0 atom stereocenters. The van der Waals surface area contributed by atoms with Crippen LogP contribution in [0.2, 0.25) is 0 Å². The van der Waals surface area contributed by atoms with Crippen molar-refractivity contribution in [3.63, 3.8) is 0 Å². The fourth-order valence-corrected chi connectivity index (χ4v) is 2.55. The van der Waals surface area contributed by atoms with E-state index in [1.165, 1.54) is 19.4 Å². The summed E-state index contributed by atoms with van der Waals surface area (Å²) >= 11 is 0. The van der Waals surface area contributed by atoms with Crippen LogP contribution in [0.4, 0.5) is 0 Å². The average Bonchev–Trinajstić information content (AvgIpc) is 2.49. The molecule has 1 fully saturated rings. The Morgan fingerprint density at radius 2 is 1.56 bits per heavy atom. The first-order valence-electron chi connectivity index (χ1n) is 7.95. The summed E-state index contributed by atoms with van der Waals surface area (Å²) in [5.41, 5.74) is 0. The smallest absolute Gasteiger partial charge is 1.00 e. The molecule has 0 aliphatic carbocycles. The van der Waals surface area contributed by atoms with Crippen molar-refractivity contribution in [2.24, 2.45) is 0 Å². The second-order valence-electron chi connectivity index (χ2n) is 5.74. The van der Waals surface area contributed by atoms with Crippen LogP contribution in [-0.4, -0.2) is 56.6 Å². The molecule has 0 saturated carbocycles. The zero-order valence-electron chi connectivity index (χ0n) is 15.0. The van der Waals surface area contributed by atoms with E-state index in [9.17, 15) is 0 Å². The summed E-state index contributed by atoms with van der Waals surface area (Å²) in [7, 11) is 4.33. The van der Waals surface area contributed by atoms with Crippen LogP contribution in [0.5, 0.6) is 5.75 Å². The fraction of sp³-hybridized carbons (Fsp3) is 0.588. The van der Waals surface area contributed by atoms with Crippen molar-refractivity contribution in [3.8, 4) is 5.75 Å². The molecule has 1 heterocycles. The molecule has 1 aliphatic heterocycles. The number of nitrogens with one attached hydrogen (secondary N) is 1. The molecule has 8 heteroatoms. The zero-order chi connectivity index (χ0) is 14.9. The third-order valence-corrected chi connectivity index (χ3v) is 3.85. The van der Waals surface area contributed by atoms with E-state index < -0.39 is 0 Å². The van der Waals surface area contributed by atoms with Crippen LogP contribution in [-0.2, 0) is 21.7 Å². The molecule has 0 unspecified atom stereocenters. The third-order valence-electron chi connectivity index (χ3n) is 3.85. The van der Waals surface area contributed by atoms with Gasteiger partial charge >= 0.3 is 21.7 Å². The Morgan fingerprint density at radius 1 is 0.920 bits per heavy atom. The van der Waals surface area contributed by atoms with Gasteiger partial charge in [0.25, 0.3) is 0 Å². The molecule has 2 rings (SSSR count). The summed E-state index contributed by atoms with van der Waals surface area (Å²) in [5, 5.41) is 3.51. The molecule has 0 bridgehead atoms. The average molecular weight is 445 g/mol. The number of hydrogen-bond donors (Lipinski definition) is 1. The molecule has 0 spiro atoms. The van der Waals surface area contributed by atoms with Crippen LogP contribution in [0.1, 0.15) is 19.3 Å². The van der Waals surface area contributed by atoms with Gasteiger partial charge in [0, 0.05) is 0 Å². The summed E-state index contributed by atoms with van der Waals surface area (Å²) < 4.78 is 6.09. The van der Waals surface area contributed by atoms with Gasteiger partial charge in [0.2, 0.25) is 0 Å². The van der Waals surface area contributed by atoms with Crippen LogP contribution in [0, 0.1) is 6.23 Å². The SMILES string of the molecule is CN1CCCNCC[C-](Oc2ccccc2)N(C)CCC1.[Cl-].[Cl-].[Cl-].[Ti+4]. The Balaban J connectivity index is -0.00000121. The Kier molecular flexibility index (Phi) is 21.6. The normalized spacial score (nSPS) is 18.0. The third kappa shape index (κ3) is 12.5. The number of ether oxygens (including phenoxy) is 1. The molecule has 142 valence electrons. The van der Waals surface area contributed by atoms with Gasteiger partial charge < -0.3 is 57.1 Å². The first-order valence-corrected chi connectivity index (χ1v) is 7.95. The Labute approximate surface area is 186 Å². The molecular formula is C17H28Cl3N3OTi. The minimum Gasteiger partial charge on any atom is -1.00 e. The van der Waals surface area contributed by atoms with Crippen LogP contribution in [0.25, 0.3) is 0 Å². The molecule has 0 radical (unpaired) electrons. The second-order valence-corrected chi connectivity index (χ2v) is 5.74. The minimum absolute atomic E-state index is 0. The zero-order valence-corrected chi connectivity index (χ0v) is 18.8. The van der Waals surface area contributed by atoms with Gasteiger partial charge in [-0.1, -0.05) is 24.4 Å². The Morgan fingerprint density at radius 3 is 2.24 bits per heavy atom. The molecule has 1 N–H and O–H groups in total. The van der Waals surface area contributed by atoms with Crippen molar-refractivity contribution >= 4 is 0 Å². The van der Waals surface area contributed by atoms with Crippen LogP contribution >= 0.6 is 0 Å². The molecule has 1 aromatic rings. The van der Waals surface area contributed by atoms with Gasteiger partial charge in [0.1, 0.15) is 0 Å². The minimum atomic E-state index is 0. The number of benzene rings is 1. The quantitative estimate of drug-likeness (QED) is 0.363. The van der Waals surface area contributed by atoms with Gasteiger partial charge in [0.05, 0.1) is 5.75 Å². The molecule has 1 aliphatic rings. The van der Waals surface area contributed by atoms with E-state index in [1.807, 2.05) is 30.3 Å². The predicted molar refractivity (Wildman–Crippen MR) is 87.2 cm³/mol. The van der Waals surface area contributed by atoms with Crippen molar-refractivity contribution in [3.05, 3.63) is 36.6 Å². The molecule has 0 amide bonds. The van der Waals surface area contributed by atoms with Crippen molar-refractivity contribution in [2.75, 3.05) is 46.8 Å². The maximum absolute atomic E-state index is 6.09. The predicted octanol–water partition coefficient (Wildman–Crippen LogP) is -6.80. The fourth-order valence-electron chi connectivity index (χ4n) is 2.55. The van der Waals surface area contributed by atoms with Crippen molar-refractivity contribution < 1.29 is 63.7 Å². The van der Waals surface area contributed by atoms with Gasteiger partial charge in [-0.05, 0) is 71.8 Å². The monoisotopic (exact) mass is 443 g/mol. The van der Waals surface area contributed by atoms with Crippen molar-refractivity contribution in [1.29, 1.82) is 0 Å². The second kappa shape index (κ2) is 17.9. The number of para-hydroxylation sites is 1. The molecule has 25 heavy (non-hydrogen) atoms. The van der Waals surface area contributed by atoms with Crippen molar-refractivity contribution in [1.82, 2.24) is 15.1 Å². The first-order chi connectivity index (χ1) is 10.3. The van der Waals surface area contributed by atoms with E-state index in [1.54, 1.807) is 0 Å². The Bertz CT molecular complexity index is 404. The summed E-state index contributed by atoms with van der Waals surface area (Å²) in [4.78, 5) is 4.67. The van der Waals surface area contributed by atoms with Gasteiger partial charge in [-0.2, -0.15) is 0 Å². The number of nitrogens with zero attached hydrogens (tertiary/aromatic N) is 2. The number of rotatable bonds is 2. The first kappa shape index (κ1) is 30.2. The van der Waals surface area contributed by atoms with E-state index in [0.717, 1.165) is 44.6 Å². The number of halogens is 3. The van der Waals surface area contributed by atoms with E-state index >= 15 is 0 Å². The number of hydrogen-bond acceptors (Lipinski definition) is 4. The van der Waals surface area contributed by atoms with Crippen LogP contribution < -0.4 is 47.3 Å². The summed E-state index contributed by atoms with van der Waals surface area (Å²) in [6.45, 7) is 5.39. The van der Waals surface area contributed by atoms with Gasteiger partial charge in [0.15, 0.2) is 0 Å². The van der Waals surface area contributed by atoms with Gasteiger partial charge in [-0.3, -0.25) is 0 Å².